The van der Waals surface area contributed by atoms with Crippen molar-refractivity contribution in [2.24, 2.45) is 5.92 Å². The molecule has 4 nitrogen and oxygen atoms in total. The zero-order chi connectivity index (χ0) is 49.8. The second-order valence-corrected chi connectivity index (χ2v) is 19.7. The number of fused-ring (bicyclic) bond motifs is 1. The molecular weight excluding hydrogens is 1020 g/mol. The number of pyridine rings is 1. The summed E-state index contributed by atoms with van der Waals surface area (Å²) in [4.78, 5) is 10.4. The second-order valence-electron chi connectivity index (χ2n) is 19.7. The summed E-state index contributed by atoms with van der Waals surface area (Å²) in [6, 6.07) is 60.6. The molecule has 5 heteroatoms. The van der Waals surface area contributed by atoms with Gasteiger partial charge in [-0.25, -0.2) is 4.98 Å². The first-order chi connectivity index (χ1) is 34.7. The van der Waals surface area contributed by atoms with Crippen LogP contribution < -0.4 is 0 Å². The third-order valence-corrected chi connectivity index (χ3v) is 14.2. The van der Waals surface area contributed by atoms with Crippen molar-refractivity contribution in [1.29, 1.82) is 0 Å². The predicted octanol–water partition coefficient (Wildman–Crippen LogP) is 16.7. The number of rotatable bonds is 10. The van der Waals surface area contributed by atoms with Crippen molar-refractivity contribution in [3.63, 3.8) is 0 Å². The average molecular weight is 1090 g/mol. The number of hydrogen-bond acceptors (Lipinski definition) is 3. The average Bonchev–Trinajstić information content (AvgIpc) is 4.10. The van der Waals surface area contributed by atoms with E-state index in [2.05, 4.69) is 104 Å². The standard InChI is InChI=1S/C64H60N3O.Pt/c1-64(2,3)54-40-52(39-53(41-54)58-42-51(35-36-65-58)49-32-30-48(31-33-49)47-28-26-46(27-29-47)45-17-6-4-7-18-45)55-22-14-23-60-62(55)66-63(56-21-12-13-24-61(56)68)67(60)59-34-25-44(37-43-15-10-11-16-43)38-57(59)50-19-8-5-9-20-50;/h4-9,12-14,17-25,30-36,38,40-43,46-47,68H,10-11,15-16,26-29,37H2,1-3H3;/q-1;/i37D2,46D,47D;. The number of aromatic nitrogens is 3. The molecule has 0 atom stereocenters. The summed E-state index contributed by atoms with van der Waals surface area (Å²) >= 11 is 0. The number of nitrogens with zero attached hydrogens (tertiary/aromatic N) is 3. The first-order valence-electron chi connectivity index (χ1n) is 26.4. The van der Waals surface area contributed by atoms with Gasteiger partial charge in [0.25, 0.3) is 0 Å². The van der Waals surface area contributed by atoms with Gasteiger partial charge in [0.15, 0.2) is 0 Å². The summed E-state index contributed by atoms with van der Waals surface area (Å²) < 4.78 is 39.7. The largest absolute Gasteiger partial charge is 0.507 e. The van der Waals surface area contributed by atoms with Crippen LogP contribution in [0.5, 0.6) is 5.75 Å². The summed E-state index contributed by atoms with van der Waals surface area (Å²) in [5.74, 6) is -0.739. The van der Waals surface area contributed by atoms with Crippen molar-refractivity contribution >= 4 is 11.0 Å². The number of hydrogen-bond donors (Lipinski definition) is 1. The molecule has 0 unspecified atom stereocenters. The molecule has 2 fully saturated rings. The zero-order valence-electron chi connectivity index (χ0n) is 43.6. The molecule has 0 aliphatic heterocycles. The minimum Gasteiger partial charge on any atom is -0.507 e. The van der Waals surface area contributed by atoms with Gasteiger partial charge in [-0.1, -0.05) is 179 Å². The molecule has 0 bridgehead atoms. The minimum absolute atomic E-state index is 0. The van der Waals surface area contributed by atoms with Crippen molar-refractivity contribution in [3.8, 4) is 67.5 Å². The molecule has 1 N–H and O–H groups in total. The predicted molar refractivity (Wildman–Crippen MR) is 281 cm³/mol. The molecule has 2 aromatic heterocycles. The first-order valence-corrected chi connectivity index (χ1v) is 24.4. The molecule has 2 saturated carbocycles. The van der Waals surface area contributed by atoms with Crippen LogP contribution in [0.4, 0.5) is 0 Å². The summed E-state index contributed by atoms with van der Waals surface area (Å²) in [7, 11) is 0. The van der Waals surface area contributed by atoms with Gasteiger partial charge in [-0.3, -0.25) is 9.55 Å². The molecule has 2 aliphatic carbocycles. The number of benzene rings is 7. The Hall–Kier alpha value is -6.35. The Kier molecular flexibility index (Phi) is 12.0. The van der Waals surface area contributed by atoms with Crippen LogP contribution in [0.25, 0.3) is 72.7 Å². The molecular formula is C64H60N3OPt-. The Morgan fingerprint density at radius 3 is 1.99 bits per heavy atom. The maximum Gasteiger partial charge on any atom is 0.148 e. The molecule has 348 valence electrons. The molecule has 7 aromatic carbocycles. The fraction of sp³-hybridized carbons (Fsp3) is 0.250. The number of imidazole rings is 1. The fourth-order valence-electron chi connectivity index (χ4n) is 10.4. The van der Waals surface area contributed by atoms with E-state index in [0.717, 1.165) is 104 Å². The Morgan fingerprint density at radius 1 is 0.623 bits per heavy atom. The zero-order valence-corrected chi connectivity index (χ0v) is 41.9. The van der Waals surface area contributed by atoms with Crippen LogP contribution in [0.1, 0.15) is 112 Å². The van der Waals surface area contributed by atoms with Crippen LogP contribution in [0, 0.1) is 12.0 Å². The minimum atomic E-state index is -1.49. The van der Waals surface area contributed by atoms with Crippen molar-refractivity contribution < 1.29 is 31.7 Å². The van der Waals surface area contributed by atoms with Gasteiger partial charge in [0.1, 0.15) is 11.6 Å². The van der Waals surface area contributed by atoms with E-state index >= 15 is 0 Å². The van der Waals surface area contributed by atoms with Gasteiger partial charge in [-0.15, -0.1) is 29.3 Å². The van der Waals surface area contributed by atoms with E-state index in [1.807, 2.05) is 97.2 Å². The topological polar surface area (TPSA) is 50.9 Å². The summed E-state index contributed by atoms with van der Waals surface area (Å²) in [5, 5.41) is 11.5. The number of aromatic hydroxyl groups is 1. The van der Waals surface area contributed by atoms with E-state index in [-0.39, 0.29) is 38.1 Å². The quantitative estimate of drug-likeness (QED) is 0.139. The summed E-state index contributed by atoms with van der Waals surface area (Å²) in [6.07, 6.45) is 6.81. The molecule has 9 aromatic rings. The molecule has 0 radical (unpaired) electrons. The third-order valence-electron chi connectivity index (χ3n) is 14.2. The van der Waals surface area contributed by atoms with E-state index in [9.17, 15) is 10.6 Å². The van der Waals surface area contributed by atoms with Crippen LogP contribution in [0.3, 0.4) is 0 Å². The Morgan fingerprint density at radius 2 is 1.28 bits per heavy atom. The van der Waals surface area contributed by atoms with Crippen molar-refractivity contribution in [2.75, 3.05) is 0 Å². The van der Waals surface area contributed by atoms with Crippen molar-refractivity contribution in [3.05, 3.63) is 204 Å². The van der Waals surface area contributed by atoms with Crippen LogP contribution in [-0.4, -0.2) is 19.6 Å². The van der Waals surface area contributed by atoms with E-state index in [0.29, 0.717) is 42.6 Å². The molecule has 0 saturated heterocycles. The van der Waals surface area contributed by atoms with E-state index in [1.54, 1.807) is 6.07 Å². The number of phenolic OH excluding ortho intramolecular Hbond substituents is 1. The fourth-order valence-corrected chi connectivity index (χ4v) is 10.4. The van der Waals surface area contributed by atoms with Crippen LogP contribution in [-0.2, 0) is 32.9 Å². The van der Waals surface area contributed by atoms with Gasteiger partial charge < -0.3 is 5.11 Å². The van der Waals surface area contributed by atoms with Gasteiger partial charge in [0, 0.05) is 44.0 Å². The Labute approximate surface area is 428 Å². The number of phenols is 1. The monoisotopic (exact) mass is 1090 g/mol. The molecule has 0 amide bonds. The van der Waals surface area contributed by atoms with Gasteiger partial charge in [0.2, 0.25) is 0 Å². The molecule has 11 rings (SSSR count). The van der Waals surface area contributed by atoms with Crippen molar-refractivity contribution in [2.45, 2.75) is 95.7 Å². The molecule has 0 spiro atoms. The Bertz CT molecular complexity index is 3430. The van der Waals surface area contributed by atoms with Gasteiger partial charge in [-0.2, -0.15) is 0 Å². The van der Waals surface area contributed by atoms with E-state index in [1.165, 1.54) is 0 Å². The normalized spacial score (nSPS) is 19.6. The molecule has 2 aliphatic rings. The van der Waals surface area contributed by atoms with E-state index < -0.39 is 18.2 Å². The third kappa shape index (κ3) is 9.66. The molecule has 2 heterocycles. The smallest absolute Gasteiger partial charge is 0.148 e. The first kappa shape index (κ1) is 41.6. The molecule has 69 heavy (non-hydrogen) atoms. The maximum atomic E-state index is 11.5. The van der Waals surface area contributed by atoms with Gasteiger partial charge in [-0.05, 0) is 125 Å². The van der Waals surface area contributed by atoms with E-state index in [4.69, 9.17) is 9.97 Å². The van der Waals surface area contributed by atoms with Crippen LogP contribution in [0.2, 0.25) is 0 Å². The maximum absolute atomic E-state index is 11.5. The van der Waals surface area contributed by atoms with Gasteiger partial charge >= 0.3 is 0 Å². The Balaban J connectivity index is 0.00000611. The van der Waals surface area contributed by atoms with Gasteiger partial charge in [0.05, 0.1) is 22.3 Å². The van der Waals surface area contributed by atoms with Crippen LogP contribution >= 0.6 is 0 Å². The summed E-state index contributed by atoms with van der Waals surface area (Å²) in [6.45, 7) is 6.65. The number of para-hydroxylation sites is 2. The van der Waals surface area contributed by atoms with Crippen molar-refractivity contribution in [1.82, 2.24) is 14.5 Å². The summed E-state index contributed by atoms with van der Waals surface area (Å²) in [5.41, 5.74) is 13.9. The van der Waals surface area contributed by atoms with Crippen LogP contribution in [0.15, 0.2) is 176 Å². The SMILES string of the molecule is [2H]C1(c2ccccc2)CCC([2H])(c2ccc(-c3ccnc(-c4[c-]c(-c5cccc6c5nc(-c5ccccc5O)n6-c5ccc(C([2H])([2H])C6CCCC6)cc5-c5ccccc5)cc(C(C)(C)C)c4)c3)cc2)CC1.[Pt]. The second kappa shape index (κ2) is 19.9.